The minimum atomic E-state index is -0.0399. The van der Waals surface area contributed by atoms with Crippen LogP contribution in [0.15, 0.2) is 6.20 Å². The molecule has 20 heavy (non-hydrogen) atoms. The van der Waals surface area contributed by atoms with E-state index in [1.807, 2.05) is 6.92 Å². The van der Waals surface area contributed by atoms with Gasteiger partial charge in [-0.05, 0) is 26.7 Å². The Hall–Kier alpha value is -1.69. The average molecular weight is 277 g/mol. The van der Waals surface area contributed by atoms with E-state index >= 15 is 0 Å². The second-order valence-electron chi connectivity index (χ2n) is 5.24. The first-order valence-corrected chi connectivity index (χ1v) is 7.25. The first-order valence-electron chi connectivity index (χ1n) is 7.25. The van der Waals surface area contributed by atoms with Gasteiger partial charge in [0.1, 0.15) is 5.82 Å². The lowest BCUT2D eigenvalue weighted by molar-refractivity contribution is 0.101. The normalized spacial score (nSPS) is 22.4. The maximum Gasteiger partial charge on any atom is 0.224 e. The smallest absolute Gasteiger partial charge is 0.224 e. The summed E-state index contributed by atoms with van der Waals surface area (Å²) in [6.07, 6.45) is 6.01. The third-order valence-corrected chi connectivity index (χ3v) is 3.65. The van der Waals surface area contributed by atoms with Gasteiger partial charge < -0.3 is 16.4 Å². The Bertz CT molecular complexity index is 477. The number of aromatic nitrogens is 2. The summed E-state index contributed by atoms with van der Waals surface area (Å²) >= 11 is 0. The van der Waals surface area contributed by atoms with E-state index in [4.69, 9.17) is 5.73 Å². The third-order valence-electron chi connectivity index (χ3n) is 3.65. The number of nitrogens with zero attached hydrogens (tertiary/aromatic N) is 2. The molecule has 0 aliphatic heterocycles. The Morgan fingerprint density at radius 1 is 1.45 bits per heavy atom. The first-order chi connectivity index (χ1) is 9.61. The maximum absolute atomic E-state index is 11.5. The Morgan fingerprint density at radius 3 is 2.85 bits per heavy atom. The van der Waals surface area contributed by atoms with Crippen LogP contribution in [-0.4, -0.2) is 34.4 Å². The fourth-order valence-corrected chi connectivity index (χ4v) is 2.52. The van der Waals surface area contributed by atoms with Gasteiger partial charge in [-0.25, -0.2) is 4.98 Å². The van der Waals surface area contributed by atoms with Crippen LogP contribution in [-0.2, 0) is 0 Å². The number of nitrogens with one attached hydrogen (secondary N) is 2. The summed E-state index contributed by atoms with van der Waals surface area (Å²) in [4.78, 5) is 20.2. The number of nitrogens with two attached hydrogens (primary N) is 1. The summed E-state index contributed by atoms with van der Waals surface area (Å²) in [5.74, 6) is 1.08. The zero-order chi connectivity index (χ0) is 14.5. The highest BCUT2D eigenvalue weighted by Crippen LogP contribution is 2.21. The van der Waals surface area contributed by atoms with Crippen LogP contribution in [0, 0.1) is 0 Å². The highest BCUT2D eigenvalue weighted by Gasteiger charge is 2.22. The number of anilines is 2. The van der Waals surface area contributed by atoms with E-state index in [0.29, 0.717) is 23.9 Å². The zero-order valence-electron chi connectivity index (χ0n) is 12.1. The van der Waals surface area contributed by atoms with Crippen LogP contribution in [0.5, 0.6) is 0 Å². The minimum Gasteiger partial charge on any atom is -0.370 e. The van der Waals surface area contributed by atoms with Crippen LogP contribution in [0.3, 0.4) is 0 Å². The van der Waals surface area contributed by atoms with Gasteiger partial charge in [0, 0.05) is 24.8 Å². The predicted octanol–water partition coefficient (Wildman–Crippen LogP) is 1.79. The summed E-state index contributed by atoms with van der Waals surface area (Å²) in [6.45, 7) is 4.19. The number of hydrogen-bond donors (Lipinski definition) is 3. The van der Waals surface area contributed by atoms with Crippen molar-refractivity contribution in [1.29, 1.82) is 0 Å². The Morgan fingerprint density at radius 2 is 2.20 bits per heavy atom. The molecule has 2 atom stereocenters. The molecule has 1 saturated carbocycles. The topological polar surface area (TPSA) is 92.9 Å². The van der Waals surface area contributed by atoms with Crippen molar-refractivity contribution < 1.29 is 4.79 Å². The molecule has 0 bridgehead atoms. The molecule has 0 aromatic carbocycles. The molecule has 1 fully saturated rings. The van der Waals surface area contributed by atoms with Gasteiger partial charge in [0.15, 0.2) is 5.78 Å². The molecular formula is C14H23N5O. The van der Waals surface area contributed by atoms with Crippen molar-refractivity contribution >= 4 is 17.5 Å². The molecular weight excluding hydrogens is 254 g/mol. The molecule has 6 nitrogen and oxygen atoms in total. The lowest BCUT2D eigenvalue weighted by atomic mass is 9.91. The standard InChI is InChI=1S/C14H23N5O/c1-3-16-13-10(9(2)20)8-17-14(19-13)18-12-7-5-4-6-11(12)15/h8,11-12H,3-7,15H2,1-2H3,(H2,16,17,18,19)/t11-,12+/m0/s1. The van der Waals surface area contributed by atoms with Crippen molar-refractivity contribution in [3.05, 3.63) is 11.8 Å². The second kappa shape index (κ2) is 6.65. The predicted molar refractivity (Wildman–Crippen MR) is 80.1 cm³/mol. The van der Waals surface area contributed by atoms with Crippen LogP contribution in [0.4, 0.5) is 11.8 Å². The van der Waals surface area contributed by atoms with Crippen molar-refractivity contribution in [3.8, 4) is 0 Å². The van der Waals surface area contributed by atoms with Crippen molar-refractivity contribution in [2.24, 2.45) is 5.73 Å². The molecule has 110 valence electrons. The molecule has 1 aliphatic carbocycles. The van der Waals surface area contributed by atoms with Crippen LogP contribution < -0.4 is 16.4 Å². The molecule has 1 aromatic rings. The van der Waals surface area contributed by atoms with Gasteiger partial charge in [-0.15, -0.1) is 0 Å². The Labute approximate surface area is 119 Å². The lowest BCUT2D eigenvalue weighted by Gasteiger charge is -2.29. The van der Waals surface area contributed by atoms with Crippen molar-refractivity contribution in [2.75, 3.05) is 17.2 Å². The van der Waals surface area contributed by atoms with Gasteiger partial charge in [0.05, 0.1) is 5.56 Å². The number of ketones is 1. The molecule has 1 aromatic heterocycles. The number of carbonyl (C=O) groups excluding carboxylic acids is 1. The molecule has 0 unspecified atom stereocenters. The number of Topliss-reactive ketones (excluding diaryl/α,β-unsaturated/α-hetero) is 1. The molecule has 1 heterocycles. The third kappa shape index (κ3) is 3.45. The monoisotopic (exact) mass is 277 g/mol. The van der Waals surface area contributed by atoms with Crippen LogP contribution in [0.2, 0.25) is 0 Å². The second-order valence-corrected chi connectivity index (χ2v) is 5.24. The molecule has 0 saturated heterocycles. The van der Waals surface area contributed by atoms with E-state index in [-0.39, 0.29) is 17.9 Å². The first kappa shape index (κ1) is 14.7. The quantitative estimate of drug-likeness (QED) is 0.711. The summed E-state index contributed by atoms with van der Waals surface area (Å²) in [6, 6.07) is 0.351. The minimum absolute atomic E-state index is 0.0399. The van der Waals surface area contributed by atoms with Crippen LogP contribution in [0.25, 0.3) is 0 Å². The molecule has 2 rings (SSSR count). The van der Waals surface area contributed by atoms with E-state index in [0.717, 1.165) is 12.8 Å². The highest BCUT2D eigenvalue weighted by molar-refractivity contribution is 5.98. The summed E-state index contributed by atoms with van der Waals surface area (Å²) in [5, 5.41) is 6.40. The van der Waals surface area contributed by atoms with Gasteiger partial charge in [-0.1, -0.05) is 12.8 Å². The lowest BCUT2D eigenvalue weighted by Crippen LogP contribution is -2.43. The van der Waals surface area contributed by atoms with E-state index in [9.17, 15) is 4.79 Å². The maximum atomic E-state index is 11.5. The summed E-state index contributed by atoms with van der Waals surface area (Å²) < 4.78 is 0. The zero-order valence-corrected chi connectivity index (χ0v) is 12.1. The van der Waals surface area contributed by atoms with Crippen molar-refractivity contribution in [3.63, 3.8) is 0 Å². The fraction of sp³-hybridized carbons (Fsp3) is 0.643. The van der Waals surface area contributed by atoms with Gasteiger partial charge >= 0.3 is 0 Å². The highest BCUT2D eigenvalue weighted by atomic mass is 16.1. The number of hydrogen-bond acceptors (Lipinski definition) is 6. The SMILES string of the molecule is CCNc1nc(N[C@@H]2CCCC[C@@H]2N)ncc1C(C)=O. The summed E-state index contributed by atoms with van der Waals surface area (Å²) in [5.41, 5.74) is 6.63. The molecule has 4 N–H and O–H groups in total. The van der Waals surface area contributed by atoms with E-state index < -0.39 is 0 Å². The van der Waals surface area contributed by atoms with Crippen LogP contribution in [0.1, 0.15) is 49.9 Å². The van der Waals surface area contributed by atoms with Gasteiger partial charge in [-0.3, -0.25) is 4.79 Å². The molecule has 0 amide bonds. The van der Waals surface area contributed by atoms with E-state index in [2.05, 4.69) is 20.6 Å². The largest absolute Gasteiger partial charge is 0.370 e. The van der Waals surface area contributed by atoms with E-state index in [1.165, 1.54) is 19.8 Å². The Balaban J connectivity index is 2.15. The number of rotatable bonds is 5. The molecule has 0 spiro atoms. The molecule has 1 aliphatic rings. The van der Waals surface area contributed by atoms with Crippen molar-refractivity contribution in [1.82, 2.24) is 9.97 Å². The molecule has 6 heteroatoms. The fourth-order valence-electron chi connectivity index (χ4n) is 2.52. The Kier molecular flexibility index (Phi) is 4.89. The van der Waals surface area contributed by atoms with E-state index in [1.54, 1.807) is 6.20 Å². The van der Waals surface area contributed by atoms with Gasteiger partial charge in [-0.2, -0.15) is 4.98 Å². The van der Waals surface area contributed by atoms with Gasteiger partial charge in [0.25, 0.3) is 0 Å². The van der Waals surface area contributed by atoms with Gasteiger partial charge in [0.2, 0.25) is 5.95 Å². The molecule has 0 radical (unpaired) electrons. The number of carbonyl (C=O) groups is 1. The summed E-state index contributed by atoms with van der Waals surface area (Å²) in [7, 11) is 0. The average Bonchev–Trinajstić information content (AvgIpc) is 2.42. The van der Waals surface area contributed by atoms with Crippen LogP contribution >= 0.6 is 0 Å². The van der Waals surface area contributed by atoms with Crippen molar-refractivity contribution in [2.45, 2.75) is 51.6 Å².